The maximum Gasteiger partial charge on any atom is 0.247 e. The van der Waals surface area contributed by atoms with Crippen molar-refractivity contribution in [3.05, 3.63) is 84.0 Å². The normalized spacial score (nSPS) is 12.2. The molecule has 2 heterocycles. The zero-order valence-corrected chi connectivity index (χ0v) is 15.6. The molecule has 0 fully saturated rings. The molecule has 0 aliphatic carbocycles. The highest BCUT2D eigenvalue weighted by Crippen LogP contribution is 2.20. The van der Waals surface area contributed by atoms with E-state index in [0.717, 1.165) is 17.1 Å². The minimum Gasteiger partial charge on any atom is -0.419 e. The van der Waals surface area contributed by atoms with E-state index in [1.165, 1.54) is 12.1 Å². The predicted octanol–water partition coefficient (Wildman–Crippen LogP) is 4.22. The second-order valence-corrected chi connectivity index (χ2v) is 6.55. The summed E-state index contributed by atoms with van der Waals surface area (Å²) in [7, 11) is 0. The number of benzene rings is 2. The highest BCUT2D eigenvalue weighted by molar-refractivity contribution is 5.51. The maximum atomic E-state index is 13.0. The molecule has 28 heavy (non-hydrogen) atoms. The quantitative estimate of drug-likeness (QED) is 0.545. The molecule has 4 rings (SSSR count). The molecule has 2 aromatic heterocycles. The molecule has 1 N–H and O–H groups in total. The lowest BCUT2D eigenvalue weighted by Gasteiger charge is -2.14. The second kappa shape index (κ2) is 7.74. The SMILES string of the molecule is Cc1nccn1-c1ccc(C(C)NCc2nnc(-c3ccc(F)cc3)o2)cc1. The van der Waals surface area contributed by atoms with Gasteiger partial charge in [-0.25, -0.2) is 9.37 Å². The van der Waals surface area contributed by atoms with Crippen molar-refractivity contribution in [3.8, 4) is 17.1 Å². The first-order chi connectivity index (χ1) is 13.6. The van der Waals surface area contributed by atoms with Crippen LogP contribution in [0.15, 0.2) is 65.3 Å². The molecule has 142 valence electrons. The van der Waals surface area contributed by atoms with Gasteiger partial charge in [0.1, 0.15) is 11.6 Å². The van der Waals surface area contributed by atoms with Gasteiger partial charge in [0, 0.05) is 29.7 Å². The number of aromatic nitrogens is 4. The fourth-order valence-corrected chi connectivity index (χ4v) is 2.97. The first kappa shape index (κ1) is 18.1. The van der Waals surface area contributed by atoms with E-state index in [0.29, 0.717) is 23.9 Å². The molecule has 0 spiro atoms. The van der Waals surface area contributed by atoms with E-state index in [1.54, 1.807) is 18.3 Å². The van der Waals surface area contributed by atoms with Gasteiger partial charge in [-0.3, -0.25) is 0 Å². The summed E-state index contributed by atoms with van der Waals surface area (Å²) in [6.45, 7) is 4.50. The summed E-state index contributed by atoms with van der Waals surface area (Å²) in [4.78, 5) is 4.25. The van der Waals surface area contributed by atoms with Crippen LogP contribution in [-0.4, -0.2) is 19.7 Å². The third-order valence-electron chi connectivity index (χ3n) is 4.61. The Morgan fingerprint density at radius 2 is 1.82 bits per heavy atom. The van der Waals surface area contributed by atoms with Crippen molar-refractivity contribution in [2.75, 3.05) is 0 Å². The van der Waals surface area contributed by atoms with Gasteiger partial charge < -0.3 is 14.3 Å². The summed E-state index contributed by atoms with van der Waals surface area (Å²) in [5, 5.41) is 11.5. The van der Waals surface area contributed by atoms with E-state index in [4.69, 9.17) is 4.42 Å². The Morgan fingerprint density at radius 1 is 1.07 bits per heavy atom. The van der Waals surface area contributed by atoms with Gasteiger partial charge >= 0.3 is 0 Å². The Labute approximate surface area is 162 Å². The van der Waals surface area contributed by atoms with Crippen LogP contribution >= 0.6 is 0 Å². The van der Waals surface area contributed by atoms with Crippen molar-refractivity contribution < 1.29 is 8.81 Å². The predicted molar refractivity (Wildman–Crippen MR) is 103 cm³/mol. The Bertz CT molecular complexity index is 1050. The van der Waals surface area contributed by atoms with Crippen molar-refractivity contribution >= 4 is 0 Å². The van der Waals surface area contributed by atoms with Crippen LogP contribution in [0.4, 0.5) is 4.39 Å². The van der Waals surface area contributed by atoms with Crippen LogP contribution in [0.3, 0.4) is 0 Å². The molecule has 2 aromatic carbocycles. The summed E-state index contributed by atoms with van der Waals surface area (Å²) < 4.78 is 20.7. The third-order valence-corrected chi connectivity index (χ3v) is 4.61. The van der Waals surface area contributed by atoms with Gasteiger partial charge in [0.25, 0.3) is 0 Å². The van der Waals surface area contributed by atoms with Crippen molar-refractivity contribution in [2.45, 2.75) is 26.4 Å². The van der Waals surface area contributed by atoms with Gasteiger partial charge in [-0.2, -0.15) is 0 Å². The number of imidazole rings is 1. The molecule has 0 aliphatic rings. The standard InChI is InChI=1S/C21H20FN5O/c1-14(16-5-9-19(10-6-16)27-12-11-23-15(27)2)24-13-20-25-26-21(28-20)17-3-7-18(22)8-4-17/h3-12,14,24H,13H2,1-2H3. The lowest BCUT2D eigenvalue weighted by molar-refractivity contribution is 0.454. The molecule has 0 saturated heterocycles. The Morgan fingerprint density at radius 3 is 2.50 bits per heavy atom. The topological polar surface area (TPSA) is 68.8 Å². The minimum atomic E-state index is -0.298. The molecular formula is C21H20FN5O. The first-order valence-electron chi connectivity index (χ1n) is 9.02. The largest absolute Gasteiger partial charge is 0.419 e. The molecule has 1 unspecified atom stereocenters. The summed E-state index contributed by atoms with van der Waals surface area (Å²) in [5.41, 5.74) is 2.92. The second-order valence-electron chi connectivity index (χ2n) is 6.55. The van der Waals surface area contributed by atoms with Crippen LogP contribution in [0, 0.1) is 12.7 Å². The minimum absolute atomic E-state index is 0.110. The van der Waals surface area contributed by atoms with Gasteiger partial charge in [-0.1, -0.05) is 12.1 Å². The zero-order valence-electron chi connectivity index (χ0n) is 15.6. The average Bonchev–Trinajstić information content (AvgIpc) is 3.36. The molecule has 0 radical (unpaired) electrons. The van der Waals surface area contributed by atoms with E-state index in [-0.39, 0.29) is 11.9 Å². The number of hydrogen-bond acceptors (Lipinski definition) is 5. The highest BCUT2D eigenvalue weighted by Gasteiger charge is 2.11. The number of nitrogens with zero attached hydrogens (tertiary/aromatic N) is 4. The molecule has 6 nitrogen and oxygen atoms in total. The first-order valence-corrected chi connectivity index (χ1v) is 9.02. The van der Waals surface area contributed by atoms with Crippen LogP contribution < -0.4 is 5.32 Å². The van der Waals surface area contributed by atoms with Crippen LogP contribution in [-0.2, 0) is 6.54 Å². The smallest absolute Gasteiger partial charge is 0.247 e. The highest BCUT2D eigenvalue weighted by atomic mass is 19.1. The molecule has 0 bridgehead atoms. The van der Waals surface area contributed by atoms with E-state index >= 15 is 0 Å². The van der Waals surface area contributed by atoms with E-state index < -0.39 is 0 Å². The van der Waals surface area contributed by atoms with E-state index in [1.807, 2.05) is 17.7 Å². The van der Waals surface area contributed by atoms with E-state index in [9.17, 15) is 4.39 Å². The number of halogens is 1. The Hall–Kier alpha value is -3.32. The average molecular weight is 377 g/mol. The molecule has 0 aliphatic heterocycles. The Kier molecular flexibility index (Phi) is 4.99. The number of nitrogens with one attached hydrogen (secondary N) is 1. The summed E-state index contributed by atoms with van der Waals surface area (Å²) >= 11 is 0. The summed E-state index contributed by atoms with van der Waals surface area (Å²) in [6.07, 6.45) is 3.73. The molecule has 1 atom stereocenters. The van der Waals surface area contributed by atoms with Gasteiger partial charge in [0.15, 0.2) is 0 Å². The third kappa shape index (κ3) is 3.84. The molecule has 7 heteroatoms. The van der Waals surface area contributed by atoms with Gasteiger partial charge in [-0.15, -0.1) is 10.2 Å². The Balaban J connectivity index is 1.38. The molecular weight excluding hydrogens is 357 g/mol. The van der Waals surface area contributed by atoms with Gasteiger partial charge in [0.2, 0.25) is 11.8 Å². The van der Waals surface area contributed by atoms with Crippen LogP contribution in [0.25, 0.3) is 17.1 Å². The molecule has 0 saturated carbocycles. The monoisotopic (exact) mass is 377 g/mol. The van der Waals surface area contributed by atoms with Crippen molar-refractivity contribution in [2.24, 2.45) is 0 Å². The maximum absolute atomic E-state index is 13.0. The zero-order chi connectivity index (χ0) is 19.5. The van der Waals surface area contributed by atoms with Crippen LogP contribution in [0.2, 0.25) is 0 Å². The summed E-state index contributed by atoms with van der Waals surface area (Å²) in [6, 6.07) is 14.4. The lowest BCUT2D eigenvalue weighted by Crippen LogP contribution is -2.18. The van der Waals surface area contributed by atoms with Crippen molar-refractivity contribution in [3.63, 3.8) is 0 Å². The van der Waals surface area contributed by atoms with Gasteiger partial charge in [-0.05, 0) is 55.8 Å². The number of rotatable bonds is 6. The fraction of sp³-hybridized carbons (Fsp3) is 0.190. The van der Waals surface area contributed by atoms with Crippen LogP contribution in [0.1, 0.15) is 30.2 Å². The van der Waals surface area contributed by atoms with Crippen molar-refractivity contribution in [1.82, 2.24) is 25.1 Å². The summed E-state index contributed by atoms with van der Waals surface area (Å²) in [5.74, 6) is 1.52. The molecule has 4 aromatic rings. The number of hydrogen-bond donors (Lipinski definition) is 1. The van der Waals surface area contributed by atoms with Gasteiger partial charge in [0.05, 0.1) is 6.54 Å². The van der Waals surface area contributed by atoms with Crippen LogP contribution in [0.5, 0.6) is 0 Å². The number of aryl methyl sites for hydroxylation is 1. The molecule has 0 amide bonds. The van der Waals surface area contributed by atoms with E-state index in [2.05, 4.69) is 51.7 Å². The fourth-order valence-electron chi connectivity index (χ4n) is 2.97. The lowest BCUT2D eigenvalue weighted by atomic mass is 10.1. The van der Waals surface area contributed by atoms with Crippen molar-refractivity contribution in [1.29, 1.82) is 0 Å².